The summed E-state index contributed by atoms with van der Waals surface area (Å²) in [6.07, 6.45) is 1.35. The van der Waals surface area contributed by atoms with Gasteiger partial charge in [0.1, 0.15) is 0 Å². The van der Waals surface area contributed by atoms with Crippen LogP contribution in [0.4, 0.5) is 0 Å². The minimum atomic E-state index is -3.65. The summed E-state index contributed by atoms with van der Waals surface area (Å²) in [6, 6.07) is 14.1. The Kier molecular flexibility index (Phi) is 4.17. The molecule has 19 heavy (non-hydrogen) atoms. The average molecular weight is 338 g/mol. The number of halogens is 1. The summed E-state index contributed by atoms with van der Waals surface area (Å²) in [4.78, 5) is 0.237. The molecule has 0 atom stereocenters. The second-order valence-corrected chi connectivity index (χ2v) is 6.55. The maximum atomic E-state index is 12.1. The van der Waals surface area contributed by atoms with Crippen LogP contribution in [0.5, 0.6) is 0 Å². The number of hydrogen-bond donors (Lipinski definition) is 0. The predicted molar refractivity (Wildman–Crippen MR) is 80.1 cm³/mol. The van der Waals surface area contributed by atoms with Crippen LogP contribution < -0.4 is 0 Å². The van der Waals surface area contributed by atoms with E-state index in [0.29, 0.717) is 5.56 Å². The monoisotopic (exact) mass is 337 g/mol. The number of aryl methyl sites for hydroxylation is 1. The summed E-state index contributed by atoms with van der Waals surface area (Å²) in [7, 11) is -3.65. The van der Waals surface area contributed by atoms with Crippen LogP contribution in [0.2, 0.25) is 0 Å². The van der Waals surface area contributed by atoms with Crippen molar-refractivity contribution in [2.24, 2.45) is 4.40 Å². The SMILES string of the molecule is Cc1ccccc1S(=O)(=O)/N=C/c1cccc(Br)c1. The van der Waals surface area contributed by atoms with Crippen LogP contribution >= 0.6 is 15.9 Å². The summed E-state index contributed by atoms with van der Waals surface area (Å²) in [5.41, 5.74) is 1.42. The summed E-state index contributed by atoms with van der Waals surface area (Å²) < 4.78 is 28.8. The van der Waals surface area contributed by atoms with Gasteiger partial charge >= 0.3 is 0 Å². The molecule has 0 radical (unpaired) electrons. The molecular weight excluding hydrogens is 326 g/mol. The first kappa shape index (κ1) is 14.0. The third-order valence-corrected chi connectivity index (χ3v) is 4.45. The lowest BCUT2D eigenvalue weighted by Crippen LogP contribution is -2.00. The molecule has 0 amide bonds. The quantitative estimate of drug-likeness (QED) is 0.804. The number of sulfonamides is 1. The van der Waals surface area contributed by atoms with E-state index in [1.165, 1.54) is 6.21 Å². The highest BCUT2D eigenvalue weighted by atomic mass is 79.9. The maximum absolute atomic E-state index is 12.1. The van der Waals surface area contributed by atoms with E-state index in [2.05, 4.69) is 20.3 Å². The highest BCUT2D eigenvalue weighted by Gasteiger charge is 2.13. The van der Waals surface area contributed by atoms with Crippen molar-refractivity contribution < 1.29 is 8.42 Å². The highest BCUT2D eigenvalue weighted by molar-refractivity contribution is 9.10. The van der Waals surface area contributed by atoms with Crippen LogP contribution in [-0.2, 0) is 10.0 Å². The van der Waals surface area contributed by atoms with Crippen molar-refractivity contribution in [3.63, 3.8) is 0 Å². The zero-order valence-corrected chi connectivity index (χ0v) is 12.6. The first-order valence-corrected chi connectivity index (χ1v) is 7.84. The van der Waals surface area contributed by atoms with Gasteiger partial charge in [0.05, 0.1) is 4.90 Å². The van der Waals surface area contributed by atoms with Crippen molar-refractivity contribution in [1.29, 1.82) is 0 Å². The summed E-state index contributed by atoms with van der Waals surface area (Å²) in [5, 5.41) is 0. The van der Waals surface area contributed by atoms with Crippen molar-refractivity contribution in [3.8, 4) is 0 Å². The number of nitrogens with zero attached hydrogens (tertiary/aromatic N) is 1. The number of hydrogen-bond acceptors (Lipinski definition) is 2. The van der Waals surface area contributed by atoms with Crippen molar-refractivity contribution in [2.75, 3.05) is 0 Å². The van der Waals surface area contributed by atoms with E-state index >= 15 is 0 Å². The molecule has 0 bridgehead atoms. The molecule has 0 heterocycles. The molecule has 2 rings (SSSR count). The third-order valence-electron chi connectivity index (χ3n) is 2.56. The second kappa shape index (κ2) is 5.67. The van der Waals surface area contributed by atoms with E-state index in [0.717, 1.165) is 10.0 Å². The molecule has 0 spiro atoms. The van der Waals surface area contributed by atoms with Gasteiger partial charge < -0.3 is 0 Å². The van der Waals surface area contributed by atoms with Gasteiger partial charge in [0.15, 0.2) is 0 Å². The second-order valence-electron chi connectivity index (χ2n) is 4.03. The fourth-order valence-electron chi connectivity index (χ4n) is 1.62. The molecule has 0 saturated heterocycles. The van der Waals surface area contributed by atoms with Crippen LogP contribution in [0.1, 0.15) is 11.1 Å². The van der Waals surface area contributed by atoms with Gasteiger partial charge in [-0.25, -0.2) is 0 Å². The molecular formula is C14H12BrNO2S. The molecule has 2 aromatic rings. The maximum Gasteiger partial charge on any atom is 0.282 e. The van der Waals surface area contributed by atoms with E-state index in [9.17, 15) is 8.42 Å². The molecule has 98 valence electrons. The molecule has 0 fully saturated rings. The van der Waals surface area contributed by atoms with Gasteiger partial charge in [-0.2, -0.15) is 12.8 Å². The Morgan fingerprint density at radius 2 is 1.84 bits per heavy atom. The Hall–Kier alpha value is -1.46. The minimum absolute atomic E-state index is 0.237. The summed E-state index contributed by atoms with van der Waals surface area (Å²) in [5.74, 6) is 0. The Morgan fingerprint density at radius 1 is 1.11 bits per heavy atom. The lowest BCUT2D eigenvalue weighted by atomic mass is 10.2. The van der Waals surface area contributed by atoms with E-state index in [4.69, 9.17) is 0 Å². The highest BCUT2D eigenvalue weighted by Crippen LogP contribution is 2.17. The lowest BCUT2D eigenvalue weighted by Gasteiger charge is -2.02. The average Bonchev–Trinajstić information content (AvgIpc) is 2.37. The standard InChI is InChI=1S/C14H12BrNO2S/c1-11-5-2-3-8-14(11)19(17,18)16-10-12-6-4-7-13(15)9-12/h2-10H,1H3/b16-10+. The Morgan fingerprint density at radius 3 is 2.53 bits per heavy atom. The first-order valence-electron chi connectivity index (χ1n) is 5.60. The van der Waals surface area contributed by atoms with Gasteiger partial charge in [0.2, 0.25) is 0 Å². The molecule has 0 aliphatic rings. The van der Waals surface area contributed by atoms with E-state index in [1.807, 2.05) is 12.1 Å². The molecule has 0 aromatic heterocycles. The lowest BCUT2D eigenvalue weighted by molar-refractivity contribution is 0.597. The molecule has 2 aromatic carbocycles. The topological polar surface area (TPSA) is 46.5 Å². The van der Waals surface area contributed by atoms with E-state index < -0.39 is 10.0 Å². The van der Waals surface area contributed by atoms with Crippen LogP contribution in [-0.4, -0.2) is 14.6 Å². The summed E-state index contributed by atoms with van der Waals surface area (Å²) >= 11 is 3.33. The molecule has 3 nitrogen and oxygen atoms in total. The van der Waals surface area contributed by atoms with Crippen molar-refractivity contribution in [2.45, 2.75) is 11.8 Å². The van der Waals surface area contributed by atoms with E-state index in [-0.39, 0.29) is 4.90 Å². The third kappa shape index (κ3) is 3.52. The fraction of sp³-hybridized carbons (Fsp3) is 0.0714. The molecule has 0 aliphatic heterocycles. The summed E-state index contributed by atoms with van der Waals surface area (Å²) in [6.45, 7) is 1.75. The Balaban J connectivity index is 2.35. The molecule has 0 N–H and O–H groups in total. The largest absolute Gasteiger partial charge is 0.282 e. The van der Waals surface area contributed by atoms with Crippen molar-refractivity contribution in [3.05, 3.63) is 64.1 Å². The van der Waals surface area contributed by atoms with Gasteiger partial charge in [0, 0.05) is 10.7 Å². The fourth-order valence-corrected chi connectivity index (χ4v) is 3.14. The van der Waals surface area contributed by atoms with Crippen LogP contribution in [0.3, 0.4) is 0 Å². The predicted octanol–water partition coefficient (Wildman–Crippen LogP) is 3.57. The van der Waals surface area contributed by atoms with Crippen molar-refractivity contribution >= 4 is 32.2 Å². The van der Waals surface area contributed by atoms with Gasteiger partial charge in [-0.1, -0.05) is 46.3 Å². The smallest absolute Gasteiger partial charge is 0.199 e. The van der Waals surface area contributed by atoms with Crippen LogP contribution in [0.25, 0.3) is 0 Å². The van der Waals surface area contributed by atoms with Crippen molar-refractivity contribution in [1.82, 2.24) is 0 Å². The molecule has 0 unspecified atom stereocenters. The zero-order valence-electron chi connectivity index (χ0n) is 10.2. The van der Waals surface area contributed by atoms with Gasteiger partial charge in [-0.15, -0.1) is 0 Å². The normalized spacial score (nSPS) is 11.9. The van der Waals surface area contributed by atoms with Gasteiger partial charge in [-0.05, 0) is 36.2 Å². The molecule has 0 saturated carbocycles. The van der Waals surface area contributed by atoms with Crippen LogP contribution in [0.15, 0.2) is 62.3 Å². The molecule has 5 heteroatoms. The van der Waals surface area contributed by atoms with E-state index in [1.54, 1.807) is 43.3 Å². The van der Waals surface area contributed by atoms with Crippen LogP contribution in [0, 0.1) is 6.92 Å². The van der Waals surface area contributed by atoms with Gasteiger partial charge in [0.25, 0.3) is 10.0 Å². The minimum Gasteiger partial charge on any atom is -0.199 e. The molecule has 0 aliphatic carbocycles. The van der Waals surface area contributed by atoms with Gasteiger partial charge in [-0.3, -0.25) is 0 Å². The number of rotatable bonds is 3. The number of benzene rings is 2. The first-order chi connectivity index (χ1) is 8.99. The Bertz CT molecular complexity index is 724. The zero-order chi connectivity index (χ0) is 13.9. The Labute approximate surface area is 121 Å².